The minimum Gasteiger partial charge on any atom is -0.497 e. The van der Waals surface area contributed by atoms with Gasteiger partial charge in [0.2, 0.25) is 0 Å². The molecule has 1 aliphatic rings. The minimum atomic E-state index is 0.0759. The molecular formula is C23H20N2O. The van der Waals surface area contributed by atoms with Crippen molar-refractivity contribution in [1.29, 1.82) is 0 Å². The largest absolute Gasteiger partial charge is 0.497 e. The number of H-pyrrole nitrogens is 1. The number of nitrogens with one attached hydrogen (secondary N) is 2. The summed E-state index contributed by atoms with van der Waals surface area (Å²) < 4.78 is 5.33. The van der Waals surface area contributed by atoms with E-state index in [-0.39, 0.29) is 6.04 Å². The van der Waals surface area contributed by atoms with Gasteiger partial charge in [-0.3, -0.25) is 0 Å². The highest BCUT2D eigenvalue weighted by Gasteiger charge is 2.26. The second kappa shape index (κ2) is 5.95. The average molecular weight is 340 g/mol. The zero-order valence-electron chi connectivity index (χ0n) is 14.6. The maximum Gasteiger partial charge on any atom is 0.118 e. The highest BCUT2D eigenvalue weighted by molar-refractivity contribution is 5.86. The molecule has 2 N–H and O–H groups in total. The third-order valence-electron chi connectivity index (χ3n) is 5.27. The molecule has 2 heterocycles. The lowest BCUT2D eigenvalue weighted by Gasteiger charge is -2.20. The maximum atomic E-state index is 5.33. The van der Waals surface area contributed by atoms with Crippen LogP contribution in [0, 0.1) is 0 Å². The lowest BCUT2D eigenvalue weighted by atomic mass is 9.98. The fraction of sp³-hybridized carbons (Fsp3) is 0.130. The molecule has 1 aromatic heterocycles. The van der Waals surface area contributed by atoms with Crippen LogP contribution in [0.2, 0.25) is 0 Å². The molecule has 0 fully saturated rings. The fourth-order valence-corrected chi connectivity index (χ4v) is 3.94. The van der Waals surface area contributed by atoms with Crippen molar-refractivity contribution in [3.63, 3.8) is 0 Å². The molecule has 1 atom stereocenters. The van der Waals surface area contributed by atoms with Crippen molar-refractivity contribution in [1.82, 2.24) is 4.98 Å². The Labute approximate surface area is 152 Å². The first-order valence-corrected chi connectivity index (χ1v) is 8.91. The van der Waals surface area contributed by atoms with E-state index < -0.39 is 0 Å². The molecule has 0 radical (unpaired) electrons. The first-order valence-electron chi connectivity index (χ1n) is 8.91. The van der Waals surface area contributed by atoms with Gasteiger partial charge in [0.25, 0.3) is 0 Å². The van der Waals surface area contributed by atoms with Crippen molar-refractivity contribution in [3.05, 3.63) is 95.2 Å². The third kappa shape index (κ3) is 2.36. The van der Waals surface area contributed by atoms with Gasteiger partial charge in [0.1, 0.15) is 5.75 Å². The average Bonchev–Trinajstić information content (AvgIpc) is 2.97. The molecule has 5 rings (SSSR count). The van der Waals surface area contributed by atoms with Crippen LogP contribution < -0.4 is 10.1 Å². The van der Waals surface area contributed by atoms with Gasteiger partial charge in [-0.2, -0.15) is 0 Å². The molecule has 1 unspecified atom stereocenters. The predicted molar refractivity (Wildman–Crippen MR) is 106 cm³/mol. The lowest BCUT2D eigenvalue weighted by molar-refractivity contribution is 0.414. The van der Waals surface area contributed by atoms with Gasteiger partial charge in [0.15, 0.2) is 0 Å². The van der Waals surface area contributed by atoms with Crippen LogP contribution >= 0.6 is 0 Å². The number of anilines is 1. The van der Waals surface area contributed by atoms with Crippen LogP contribution in [0.4, 0.5) is 5.69 Å². The number of benzene rings is 3. The summed E-state index contributed by atoms with van der Waals surface area (Å²) in [5.41, 5.74) is 7.55. The number of hydrogen-bond donors (Lipinski definition) is 2. The van der Waals surface area contributed by atoms with Gasteiger partial charge in [-0.15, -0.1) is 0 Å². The van der Waals surface area contributed by atoms with Crippen molar-refractivity contribution in [2.24, 2.45) is 0 Å². The van der Waals surface area contributed by atoms with Crippen molar-refractivity contribution >= 4 is 16.6 Å². The molecule has 3 heteroatoms. The number of fused-ring (bicyclic) bond motifs is 4. The van der Waals surface area contributed by atoms with Gasteiger partial charge in [-0.25, -0.2) is 0 Å². The van der Waals surface area contributed by atoms with Crippen molar-refractivity contribution in [2.45, 2.75) is 12.5 Å². The van der Waals surface area contributed by atoms with E-state index >= 15 is 0 Å². The monoisotopic (exact) mass is 340 g/mol. The normalized spacial score (nSPS) is 15.7. The zero-order chi connectivity index (χ0) is 17.5. The van der Waals surface area contributed by atoms with E-state index in [1.807, 2.05) is 12.1 Å². The minimum absolute atomic E-state index is 0.0759. The highest BCUT2D eigenvalue weighted by Crippen LogP contribution is 2.39. The first-order chi connectivity index (χ1) is 12.8. The Kier molecular flexibility index (Phi) is 3.45. The summed E-state index contributed by atoms with van der Waals surface area (Å²) in [5, 5.41) is 5.06. The van der Waals surface area contributed by atoms with Gasteiger partial charge in [0, 0.05) is 28.7 Å². The fourth-order valence-electron chi connectivity index (χ4n) is 3.94. The molecule has 3 aromatic carbocycles. The number of hydrogen-bond acceptors (Lipinski definition) is 2. The van der Waals surface area contributed by atoms with Gasteiger partial charge < -0.3 is 15.0 Å². The van der Waals surface area contributed by atoms with Crippen LogP contribution in [0.5, 0.6) is 5.75 Å². The molecular weight excluding hydrogens is 320 g/mol. The molecule has 26 heavy (non-hydrogen) atoms. The molecule has 0 saturated carbocycles. The summed E-state index contributed by atoms with van der Waals surface area (Å²) in [4.78, 5) is 3.67. The number of rotatable bonds is 2. The molecule has 128 valence electrons. The number of aromatic nitrogens is 1. The standard InChI is InChI=1S/C23H20N2O/c1-26-17-12-10-15(11-13-17)22-23-19(18-7-3-5-9-21(18)25-23)14-16-6-2-4-8-20(16)24-22/h2-13,22,24-25H,14H2,1H3. The molecule has 0 amide bonds. The molecule has 0 saturated heterocycles. The van der Waals surface area contributed by atoms with E-state index in [1.165, 1.54) is 39.0 Å². The summed E-state index contributed by atoms with van der Waals surface area (Å²) in [6.07, 6.45) is 0.926. The van der Waals surface area contributed by atoms with Crippen molar-refractivity contribution in [2.75, 3.05) is 12.4 Å². The van der Waals surface area contributed by atoms with Crippen LogP contribution in [0.1, 0.15) is 28.4 Å². The van der Waals surface area contributed by atoms with Gasteiger partial charge >= 0.3 is 0 Å². The molecule has 0 spiro atoms. The SMILES string of the molecule is COc1ccc(C2Nc3ccccc3Cc3c2[nH]c2ccccc32)cc1. The van der Waals surface area contributed by atoms with Crippen LogP contribution in [-0.4, -0.2) is 12.1 Å². The second-order valence-electron chi connectivity index (χ2n) is 6.75. The van der Waals surface area contributed by atoms with E-state index in [0.29, 0.717) is 0 Å². The summed E-state index contributed by atoms with van der Waals surface area (Å²) in [5.74, 6) is 0.875. The molecule has 1 aliphatic heterocycles. The summed E-state index contributed by atoms with van der Waals surface area (Å²) in [6, 6.07) is 25.6. The van der Waals surface area contributed by atoms with Crippen LogP contribution in [0.15, 0.2) is 72.8 Å². The number of aromatic amines is 1. The van der Waals surface area contributed by atoms with Crippen LogP contribution in [-0.2, 0) is 6.42 Å². The Morgan fingerprint density at radius 1 is 0.885 bits per heavy atom. The third-order valence-corrected chi connectivity index (χ3v) is 5.27. The summed E-state index contributed by atoms with van der Waals surface area (Å²) in [7, 11) is 1.70. The Bertz CT molecular complexity index is 1080. The van der Waals surface area contributed by atoms with Crippen LogP contribution in [0.3, 0.4) is 0 Å². The van der Waals surface area contributed by atoms with Gasteiger partial charge in [-0.05, 0) is 41.0 Å². The highest BCUT2D eigenvalue weighted by atomic mass is 16.5. The topological polar surface area (TPSA) is 37.0 Å². The first kappa shape index (κ1) is 15.1. The van der Waals surface area contributed by atoms with Gasteiger partial charge in [-0.1, -0.05) is 48.5 Å². The van der Waals surface area contributed by atoms with E-state index in [1.54, 1.807) is 7.11 Å². The Morgan fingerprint density at radius 3 is 2.50 bits per heavy atom. The maximum absolute atomic E-state index is 5.33. The van der Waals surface area contributed by atoms with E-state index in [9.17, 15) is 0 Å². The smallest absolute Gasteiger partial charge is 0.118 e. The van der Waals surface area contributed by atoms with E-state index in [2.05, 4.69) is 71.0 Å². The van der Waals surface area contributed by atoms with Gasteiger partial charge in [0.05, 0.1) is 13.2 Å². The zero-order valence-corrected chi connectivity index (χ0v) is 14.6. The molecule has 4 aromatic rings. The molecule has 0 bridgehead atoms. The number of methoxy groups -OCH3 is 1. The molecule has 0 aliphatic carbocycles. The second-order valence-corrected chi connectivity index (χ2v) is 6.75. The number of ether oxygens (including phenoxy) is 1. The summed E-state index contributed by atoms with van der Waals surface area (Å²) in [6.45, 7) is 0. The van der Waals surface area contributed by atoms with E-state index in [0.717, 1.165) is 12.2 Å². The molecule has 3 nitrogen and oxygen atoms in total. The quantitative estimate of drug-likeness (QED) is 0.521. The Morgan fingerprint density at radius 2 is 1.65 bits per heavy atom. The predicted octanol–water partition coefficient (Wildman–Crippen LogP) is 5.28. The van der Waals surface area contributed by atoms with Crippen molar-refractivity contribution in [3.8, 4) is 5.75 Å². The Hall–Kier alpha value is -3.20. The van der Waals surface area contributed by atoms with Crippen molar-refractivity contribution < 1.29 is 4.74 Å². The number of para-hydroxylation sites is 2. The summed E-state index contributed by atoms with van der Waals surface area (Å²) >= 11 is 0. The Balaban J connectivity index is 1.73. The lowest BCUT2D eigenvalue weighted by Crippen LogP contribution is -2.12. The van der Waals surface area contributed by atoms with Crippen LogP contribution in [0.25, 0.3) is 10.9 Å². The van der Waals surface area contributed by atoms with E-state index in [4.69, 9.17) is 4.74 Å².